The first-order valence-electron chi connectivity index (χ1n) is 5.73. The third kappa shape index (κ3) is 1.61. The minimum absolute atomic E-state index is 0.0115. The van der Waals surface area contributed by atoms with Crippen LogP contribution >= 0.6 is 11.6 Å². The first-order valence-corrected chi connectivity index (χ1v) is 6.11. The molecule has 1 aliphatic heterocycles. The van der Waals surface area contributed by atoms with E-state index < -0.39 is 0 Å². The van der Waals surface area contributed by atoms with Crippen molar-refractivity contribution < 1.29 is 4.79 Å². The van der Waals surface area contributed by atoms with Crippen LogP contribution in [0.15, 0.2) is 30.5 Å². The first-order chi connectivity index (χ1) is 8.68. The van der Waals surface area contributed by atoms with E-state index in [1.807, 2.05) is 24.3 Å². The van der Waals surface area contributed by atoms with E-state index in [4.69, 9.17) is 11.6 Å². The molecule has 1 aromatic heterocycles. The number of halogens is 1. The highest BCUT2D eigenvalue weighted by atomic mass is 35.5. The van der Waals surface area contributed by atoms with Gasteiger partial charge in [-0.25, -0.2) is 0 Å². The number of carbonyl (C=O) groups excluding carboxylic acids is 1. The van der Waals surface area contributed by atoms with Crippen LogP contribution in [0.25, 0.3) is 0 Å². The van der Waals surface area contributed by atoms with Gasteiger partial charge in [0, 0.05) is 19.3 Å². The van der Waals surface area contributed by atoms with Gasteiger partial charge in [-0.2, -0.15) is 5.10 Å². The van der Waals surface area contributed by atoms with Gasteiger partial charge in [-0.15, -0.1) is 0 Å². The Morgan fingerprint density at radius 1 is 1.50 bits per heavy atom. The summed E-state index contributed by atoms with van der Waals surface area (Å²) in [5.41, 5.74) is 2.52. The number of nitrogens with one attached hydrogen (secondary N) is 1. The Morgan fingerprint density at radius 3 is 3.00 bits per heavy atom. The van der Waals surface area contributed by atoms with Crippen LogP contribution in [0.1, 0.15) is 22.0 Å². The van der Waals surface area contributed by atoms with E-state index in [1.165, 1.54) is 10.9 Å². The molecule has 92 valence electrons. The highest BCUT2D eigenvalue weighted by Crippen LogP contribution is 2.34. The van der Waals surface area contributed by atoms with Gasteiger partial charge in [0.05, 0.1) is 17.1 Å². The predicted molar refractivity (Wildman–Crippen MR) is 70.2 cm³/mol. The summed E-state index contributed by atoms with van der Waals surface area (Å²) in [6.07, 6.45) is 1.50. The van der Waals surface area contributed by atoms with Crippen LogP contribution in [0, 0.1) is 0 Å². The number of hydrogen-bond donors (Lipinski definition) is 1. The molecule has 3 rings (SSSR count). The number of hydrogen-bond acceptors (Lipinski definition) is 3. The largest absolute Gasteiger partial charge is 0.384 e. The molecule has 18 heavy (non-hydrogen) atoms. The molecule has 0 saturated carbocycles. The molecule has 0 aliphatic carbocycles. The van der Waals surface area contributed by atoms with Crippen molar-refractivity contribution in [2.75, 3.05) is 11.9 Å². The predicted octanol–water partition coefficient (Wildman–Crippen LogP) is 2.47. The zero-order valence-electron chi connectivity index (χ0n) is 9.85. The maximum absolute atomic E-state index is 12.5. The van der Waals surface area contributed by atoms with Gasteiger partial charge in [0.2, 0.25) is 0 Å². The quantitative estimate of drug-likeness (QED) is 0.845. The second-order valence-electron chi connectivity index (χ2n) is 4.35. The summed E-state index contributed by atoms with van der Waals surface area (Å²) in [4.78, 5) is 12.5. The number of aryl methyl sites for hydroxylation is 1. The Balaban J connectivity index is 2.01. The molecule has 0 radical (unpaired) electrons. The standard InChI is InChI=1S/C13H12ClN3O/c1-17-12(10(14)7-16-17)13(18)9-6-15-11-5-3-2-4-8(9)11/h2-5,7,9,15H,6H2,1H3. The van der Waals surface area contributed by atoms with Gasteiger partial charge >= 0.3 is 0 Å². The van der Waals surface area contributed by atoms with E-state index in [9.17, 15) is 4.79 Å². The molecule has 4 nitrogen and oxygen atoms in total. The van der Waals surface area contributed by atoms with Crippen LogP contribution in [-0.2, 0) is 7.05 Å². The van der Waals surface area contributed by atoms with Crippen molar-refractivity contribution in [1.29, 1.82) is 0 Å². The Kier molecular flexibility index (Phi) is 2.59. The lowest BCUT2D eigenvalue weighted by Crippen LogP contribution is -2.18. The number of nitrogens with zero attached hydrogens (tertiary/aromatic N) is 2. The SMILES string of the molecule is Cn1ncc(Cl)c1C(=O)C1CNc2ccccc21. The molecule has 1 atom stereocenters. The van der Waals surface area contributed by atoms with Gasteiger partial charge in [0.25, 0.3) is 0 Å². The zero-order valence-corrected chi connectivity index (χ0v) is 10.6. The lowest BCUT2D eigenvalue weighted by atomic mass is 9.95. The molecule has 0 spiro atoms. The van der Waals surface area contributed by atoms with Crippen molar-refractivity contribution in [3.8, 4) is 0 Å². The molecular weight excluding hydrogens is 250 g/mol. The van der Waals surface area contributed by atoms with Crippen LogP contribution in [0.2, 0.25) is 5.02 Å². The Morgan fingerprint density at radius 2 is 2.28 bits per heavy atom. The molecule has 0 amide bonds. The summed E-state index contributed by atoms with van der Waals surface area (Å²) in [7, 11) is 1.73. The van der Waals surface area contributed by atoms with E-state index in [-0.39, 0.29) is 11.7 Å². The van der Waals surface area contributed by atoms with Crippen LogP contribution in [0.5, 0.6) is 0 Å². The van der Waals surface area contributed by atoms with Crippen LogP contribution in [-0.4, -0.2) is 22.1 Å². The van der Waals surface area contributed by atoms with Crippen molar-refractivity contribution in [3.05, 3.63) is 46.7 Å². The number of para-hydroxylation sites is 1. The normalized spacial score (nSPS) is 17.3. The molecular formula is C13H12ClN3O. The number of rotatable bonds is 2. The second kappa shape index (κ2) is 4.14. The third-order valence-corrected chi connectivity index (χ3v) is 3.55. The van der Waals surface area contributed by atoms with E-state index >= 15 is 0 Å². The van der Waals surface area contributed by atoms with E-state index in [1.54, 1.807) is 7.05 Å². The smallest absolute Gasteiger partial charge is 0.191 e. The topological polar surface area (TPSA) is 46.9 Å². The molecule has 1 aliphatic rings. The number of Topliss-reactive ketones (excluding diaryl/α,β-unsaturated/α-hetero) is 1. The molecule has 2 heterocycles. The summed E-state index contributed by atoms with van der Waals surface area (Å²) in [6, 6.07) is 7.85. The maximum Gasteiger partial charge on any atom is 0.191 e. The lowest BCUT2D eigenvalue weighted by Gasteiger charge is -2.09. The number of ketones is 1. The van der Waals surface area contributed by atoms with Crippen molar-refractivity contribution in [2.45, 2.75) is 5.92 Å². The van der Waals surface area contributed by atoms with E-state index in [2.05, 4.69) is 10.4 Å². The summed E-state index contributed by atoms with van der Waals surface area (Å²) in [5, 5.41) is 7.66. The van der Waals surface area contributed by atoms with E-state index in [0.717, 1.165) is 11.3 Å². The molecule has 0 fully saturated rings. The number of aromatic nitrogens is 2. The average Bonchev–Trinajstić information content (AvgIpc) is 2.93. The fraction of sp³-hybridized carbons (Fsp3) is 0.231. The van der Waals surface area contributed by atoms with Gasteiger partial charge < -0.3 is 5.32 Å². The fourth-order valence-electron chi connectivity index (χ4n) is 2.37. The maximum atomic E-state index is 12.5. The number of anilines is 1. The van der Waals surface area contributed by atoms with Gasteiger partial charge in [0.15, 0.2) is 5.78 Å². The highest BCUT2D eigenvalue weighted by molar-refractivity contribution is 6.33. The summed E-state index contributed by atoms with van der Waals surface area (Å²) in [6.45, 7) is 0.611. The van der Waals surface area contributed by atoms with Crippen LogP contribution in [0.4, 0.5) is 5.69 Å². The number of benzene rings is 1. The molecule has 1 aromatic carbocycles. The molecule has 1 N–H and O–H groups in total. The average molecular weight is 262 g/mol. The van der Waals surface area contributed by atoms with E-state index in [0.29, 0.717) is 17.3 Å². The van der Waals surface area contributed by atoms with Crippen LogP contribution in [0.3, 0.4) is 0 Å². The fourth-order valence-corrected chi connectivity index (χ4v) is 2.63. The highest BCUT2D eigenvalue weighted by Gasteiger charge is 2.31. The van der Waals surface area contributed by atoms with Crippen molar-refractivity contribution in [2.24, 2.45) is 7.05 Å². The number of carbonyl (C=O) groups is 1. The lowest BCUT2D eigenvalue weighted by molar-refractivity contribution is 0.0957. The third-order valence-electron chi connectivity index (χ3n) is 3.28. The van der Waals surface area contributed by atoms with Crippen LogP contribution < -0.4 is 5.32 Å². The first kappa shape index (κ1) is 11.3. The van der Waals surface area contributed by atoms with Gasteiger partial charge in [-0.05, 0) is 11.6 Å². The summed E-state index contributed by atoms with van der Waals surface area (Å²) >= 11 is 6.02. The van der Waals surface area contributed by atoms with Gasteiger partial charge in [-0.3, -0.25) is 9.48 Å². The molecule has 0 saturated heterocycles. The molecule has 5 heteroatoms. The number of fused-ring (bicyclic) bond motifs is 1. The minimum atomic E-state index is -0.186. The van der Waals surface area contributed by atoms with Crippen molar-refractivity contribution >= 4 is 23.1 Å². The molecule has 1 unspecified atom stereocenters. The molecule has 2 aromatic rings. The zero-order chi connectivity index (χ0) is 12.7. The minimum Gasteiger partial charge on any atom is -0.384 e. The van der Waals surface area contributed by atoms with Gasteiger partial charge in [0.1, 0.15) is 5.69 Å². The Hall–Kier alpha value is -1.81. The molecule has 0 bridgehead atoms. The second-order valence-corrected chi connectivity index (χ2v) is 4.76. The summed E-state index contributed by atoms with van der Waals surface area (Å²) < 4.78 is 1.53. The Labute approximate surface area is 110 Å². The van der Waals surface area contributed by atoms with Crippen molar-refractivity contribution in [3.63, 3.8) is 0 Å². The van der Waals surface area contributed by atoms with Crippen molar-refractivity contribution in [1.82, 2.24) is 9.78 Å². The monoisotopic (exact) mass is 261 g/mol. The summed E-state index contributed by atoms with van der Waals surface area (Å²) in [5.74, 6) is -0.174. The Bertz CT molecular complexity index is 601. The van der Waals surface area contributed by atoms with Gasteiger partial charge in [-0.1, -0.05) is 29.8 Å².